The summed E-state index contributed by atoms with van der Waals surface area (Å²) in [7, 11) is -3.25. The maximum Gasteiger partial charge on any atom is 0.220 e. The van der Waals surface area contributed by atoms with Gasteiger partial charge in [-0.1, -0.05) is 67.6 Å². The zero-order chi connectivity index (χ0) is 19.7. The molecule has 0 heterocycles. The Balaban J connectivity index is 2.00. The molecule has 1 N–H and O–H groups in total. The van der Waals surface area contributed by atoms with Crippen LogP contribution in [0.2, 0.25) is 0 Å². The third-order valence-electron chi connectivity index (χ3n) is 4.42. The van der Waals surface area contributed by atoms with Crippen LogP contribution >= 0.6 is 0 Å². The lowest BCUT2D eigenvalue weighted by molar-refractivity contribution is -0.121. The van der Waals surface area contributed by atoms with Gasteiger partial charge in [0, 0.05) is 32.0 Å². The van der Waals surface area contributed by atoms with Gasteiger partial charge in [-0.2, -0.15) is 0 Å². The molecule has 0 fully saturated rings. The predicted molar refractivity (Wildman–Crippen MR) is 109 cm³/mol. The second-order valence-corrected chi connectivity index (χ2v) is 8.57. The maximum atomic E-state index is 12.5. The first-order valence-electron chi connectivity index (χ1n) is 9.23. The number of carbonyl (C=O) groups is 1. The number of amides is 1. The highest BCUT2D eigenvalue weighted by molar-refractivity contribution is 7.88. The molecule has 0 unspecified atom stereocenters. The van der Waals surface area contributed by atoms with Crippen molar-refractivity contribution < 1.29 is 13.2 Å². The van der Waals surface area contributed by atoms with E-state index in [2.05, 4.69) is 5.32 Å². The van der Waals surface area contributed by atoms with Crippen LogP contribution in [-0.4, -0.2) is 44.5 Å². The van der Waals surface area contributed by atoms with Gasteiger partial charge in [0.15, 0.2) is 0 Å². The lowest BCUT2D eigenvalue weighted by Gasteiger charge is -2.20. The van der Waals surface area contributed by atoms with Crippen LogP contribution in [0, 0.1) is 0 Å². The minimum Gasteiger partial charge on any atom is -0.355 e. The molecule has 1 amide bonds. The molecule has 2 aromatic rings. The van der Waals surface area contributed by atoms with E-state index in [0.29, 0.717) is 26.1 Å². The summed E-state index contributed by atoms with van der Waals surface area (Å²) in [4.78, 5) is 12.5. The van der Waals surface area contributed by atoms with E-state index >= 15 is 0 Å². The van der Waals surface area contributed by atoms with Gasteiger partial charge in [-0.3, -0.25) is 4.79 Å². The van der Waals surface area contributed by atoms with Gasteiger partial charge in [-0.25, -0.2) is 12.7 Å². The van der Waals surface area contributed by atoms with Gasteiger partial charge in [0.2, 0.25) is 15.9 Å². The molecule has 2 rings (SSSR count). The van der Waals surface area contributed by atoms with Crippen LogP contribution in [0.25, 0.3) is 0 Å². The predicted octanol–water partition coefficient (Wildman–Crippen LogP) is 3.00. The fourth-order valence-corrected chi connectivity index (χ4v) is 4.01. The molecular formula is C21H28N2O3S. The lowest BCUT2D eigenvalue weighted by atomic mass is 9.88. The van der Waals surface area contributed by atoms with Gasteiger partial charge >= 0.3 is 0 Å². The quantitative estimate of drug-likeness (QED) is 0.680. The fraction of sp³-hybridized carbons (Fsp3) is 0.381. The summed E-state index contributed by atoms with van der Waals surface area (Å²) in [5.41, 5.74) is 2.17. The van der Waals surface area contributed by atoms with Gasteiger partial charge in [-0.15, -0.1) is 0 Å². The summed E-state index contributed by atoms with van der Waals surface area (Å²) in [6.07, 6.45) is 2.26. The first kappa shape index (κ1) is 21.1. The number of hydrogen-bond acceptors (Lipinski definition) is 3. The monoisotopic (exact) mass is 388 g/mol. The Hall–Kier alpha value is -2.18. The van der Waals surface area contributed by atoms with Crippen molar-refractivity contribution in [3.8, 4) is 0 Å². The highest BCUT2D eigenvalue weighted by Gasteiger charge is 2.19. The van der Waals surface area contributed by atoms with Gasteiger partial charge in [0.05, 0.1) is 6.26 Å². The Kier molecular flexibility index (Phi) is 8.00. The average Bonchev–Trinajstić information content (AvgIpc) is 2.66. The average molecular weight is 389 g/mol. The van der Waals surface area contributed by atoms with Crippen LogP contribution in [0.5, 0.6) is 0 Å². The van der Waals surface area contributed by atoms with Crippen molar-refractivity contribution in [1.29, 1.82) is 0 Å². The Bertz CT molecular complexity index is 768. The van der Waals surface area contributed by atoms with Crippen molar-refractivity contribution in [3.05, 3.63) is 71.8 Å². The molecule has 0 saturated carbocycles. The van der Waals surface area contributed by atoms with E-state index < -0.39 is 10.0 Å². The summed E-state index contributed by atoms with van der Waals surface area (Å²) in [5.74, 6) is -0.119. The molecule has 0 aliphatic carbocycles. The Morgan fingerprint density at radius 2 is 1.48 bits per heavy atom. The number of hydrogen-bond donors (Lipinski definition) is 1. The van der Waals surface area contributed by atoms with E-state index in [-0.39, 0.29) is 11.8 Å². The number of rotatable bonds is 10. The van der Waals surface area contributed by atoms with E-state index in [4.69, 9.17) is 0 Å². The second-order valence-electron chi connectivity index (χ2n) is 6.59. The summed E-state index contributed by atoms with van der Waals surface area (Å²) < 4.78 is 24.9. The smallest absolute Gasteiger partial charge is 0.220 e. The van der Waals surface area contributed by atoms with Gasteiger partial charge in [-0.05, 0) is 17.5 Å². The topological polar surface area (TPSA) is 66.5 Å². The summed E-state index contributed by atoms with van der Waals surface area (Å²) >= 11 is 0. The molecule has 27 heavy (non-hydrogen) atoms. The van der Waals surface area contributed by atoms with Gasteiger partial charge < -0.3 is 5.32 Å². The van der Waals surface area contributed by atoms with Crippen LogP contribution in [-0.2, 0) is 14.8 Å². The SMILES string of the molecule is CCCN(CCNC(=O)CC(c1ccccc1)c1ccccc1)S(C)(=O)=O. The lowest BCUT2D eigenvalue weighted by Crippen LogP contribution is -2.38. The van der Waals surface area contributed by atoms with E-state index in [1.165, 1.54) is 10.6 Å². The van der Waals surface area contributed by atoms with Crippen molar-refractivity contribution in [2.45, 2.75) is 25.7 Å². The number of nitrogens with zero attached hydrogens (tertiary/aromatic N) is 1. The number of benzene rings is 2. The zero-order valence-corrected chi connectivity index (χ0v) is 16.8. The molecule has 0 radical (unpaired) electrons. The van der Waals surface area contributed by atoms with E-state index in [9.17, 15) is 13.2 Å². The van der Waals surface area contributed by atoms with Crippen LogP contribution < -0.4 is 5.32 Å². The van der Waals surface area contributed by atoms with Crippen molar-refractivity contribution in [2.24, 2.45) is 0 Å². The Labute approximate surface area is 162 Å². The third-order valence-corrected chi connectivity index (χ3v) is 5.72. The highest BCUT2D eigenvalue weighted by atomic mass is 32.2. The third kappa shape index (κ3) is 6.81. The van der Waals surface area contributed by atoms with Gasteiger partial charge in [0.1, 0.15) is 0 Å². The summed E-state index contributed by atoms with van der Waals surface area (Å²) in [6.45, 7) is 2.99. The maximum absolute atomic E-state index is 12.5. The molecule has 0 atom stereocenters. The molecule has 146 valence electrons. The molecule has 5 nitrogen and oxygen atoms in total. The first-order valence-corrected chi connectivity index (χ1v) is 11.1. The minimum absolute atomic E-state index is 0.0333. The van der Waals surface area contributed by atoms with Crippen LogP contribution in [0.3, 0.4) is 0 Å². The number of carbonyl (C=O) groups excluding carboxylic acids is 1. The van der Waals surface area contributed by atoms with Crippen molar-refractivity contribution >= 4 is 15.9 Å². The van der Waals surface area contributed by atoms with E-state index in [1.54, 1.807) is 0 Å². The van der Waals surface area contributed by atoms with Crippen LogP contribution in [0.15, 0.2) is 60.7 Å². The zero-order valence-electron chi connectivity index (χ0n) is 16.0. The number of sulfonamides is 1. The van der Waals surface area contributed by atoms with E-state index in [0.717, 1.165) is 17.5 Å². The molecular weight excluding hydrogens is 360 g/mol. The van der Waals surface area contributed by atoms with Crippen LogP contribution in [0.1, 0.15) is 36.8 Å². The standard InChI is InChI=1S/C21H28N2O3S/c1-3-15-23(27(2,25)26)16-14-22-21(24)17-20(18-10-6-4-7-11-18)19-12-8-5-9-13-19/h4-13,20H,3,14-17H2,1-2H3,(H,22,24). The largest absolute Gasteiger partial charge is 0.355 e. The Morgan fingerprint density at radius 3 is 1.93 bits per heavy atom. The van der Waals surface area contributed by atoms with Gasteiger partial charge in [0.25, 0.3) is 0 Å². The first-order chi connectivity index (χ1) is 12.9. The highest BCUT2D eigenvalue weighted by Crippen LogP contribution is 2.27. The Morgan fingerprint density at radius 1 is 0.963 bits per heavy atom. The molecule has 0 spiro atoms. The fourth-order valence-electron chi connectivity index (χ4n) is 3.07. The van der Waals surface area contributed by atoms with Crippen molar-refractivity contribution in [3.63, 3.8) is 0 Å². The normalized spacial score (nSPS) is 11.7. The van der Waals surface area contributed by atoms with Crippen molar-refractivity contribution in [2.75, 3.05) is 25.9 Å². The van der Waals surface area contributed by atoms with Crippen molar-refractivity contribution in [1.82, 2.24) is 9.62 Å². The summed E-state index contributed by atoms with van der Waals surface area (Å²) in [6, 6.07) is 19.9. The molecule has 0 aromatic heterocycles. The second kappa shape index (κ2) is 10.2. The molecule has 0 aliphatic rings. The minimum atomic E-state index is -3.25. The molecule has 0 aliphatic heterocycles. The van der Waals surface area contributed by atoms with Crippen LogP contribution in [0.4, 0.5) is 0 Å². The molecule has 0 bridgehead atoms. The van der Waals surface area contributed by atoms with E-state index in [1.807, 2.05) is 67.6 Å². The number of nitrogens with one attached hydrogen (secondary N) is 1. The molecule has 0 saturated heterocycles. The molecule has 2 aromatic carbocycles. The summed E-state index contributed by atoms with van der Waals surface area (Å²) in [5, 5.41) is 2.87. The molecule has 6 heteroatoms.